The third-order valence-corrected chi connectivity index (χ3v) is 5.27. The number of hydrogen-bond donors (Lipinski definition) is 1. The molecule has 0 unspecified atom stereocenters. The van der Waals surface area contributed by atoms with Gasteiger partial charge in [0.1, 0.15) is 0 Å². The predicted octanol–water partition coefficient (Wildman–Crippen LogP) is 2.04. The first-order valence-corrected chi connectivity index (χ1v) is 7.71. The number of benzene rings is 1. The largest absolute Gasteiger partial charge is 0.326 e. The van der Waals surface area contributed by atoms with Gasteiger partial charge in [-0.1, -0.05) is 18.2 Å². The molecule has 0 saturated heterocycles. The molecule has 1 aromatic carbocycles. The Labute approximate surface area is 116 Å². The Morgan fingerprint density at radius 2 is 2.05 bits per heavy atom. The Morgan fingerprint density at radius 1 is 1.42 bits per heavy atom. The second-order valence-electron chi connectivity index (χ2n) is 4.70. The van der Waals surface area contributed by atoms with Crippen molar-refractivity contribution < 1.29 is 8.42 Å². The van der Waals surface area contributed by atoms with Crippen LogP contribution >= 0.6 is 0 Å². The molecule has 5 heteroatoms. The Balaban J connectivity index is 3.37. The minimum absolute atomic E-state index is 0.121. The Bertz CT molecular complexity index is 551. The monoisotopic (exact) mass is 282 g/mol. The van der Waals surface area contributed by atoms with E-state index in [4.69, 9.17) is 5.73 Å². The third-order valence-electron chi connectivity index (χ3n) is 3.09. The summed E-state index contributed by atoms with van der Waals surface area (Å²) in [6.45, 7) is 9.74. The van der Waals surface area contributed by atoms with Gasteiger partial charge in [0.25, 0.3) is 0 Å². The predicted molar refractivity (Wildman–Crippen MR) is 78.3 cm³/mol. The van der Waals surface area contributed by atoms with Crippen molar-refractivity contribution in [1.29, 1.82) is 0 Å². The number of hydrogen-bond acceptors (Lipinski definition) is 3. The molecular formula is C14H22N2O2S. The van der Waals surface area contributed by atoms with Gasteiger partial charge in [0, 0.05) is 19.1 Å². The van der Waals surface area contributed by atoms with Crippen LogP contribution in [-0.4, -0.2) is 25.3 Å². The molecular weight excluding hydrogens is 260 g/mol. The molecule has 0 saturated carbocycles. The molecule has 0 aliphatic carbocycles. The van der Waals surface area contributed by atoms with Gasteiger partial charge < -0.3 is 5.73 Å². The van der Waals surface area contributed by atoms with E-state index in [0.717, 1.165) is 11.1 Å². The van der Waals surface area contributed by atoms with Crippen LogP contribution in [0.3, 0.4) is 0 Å². The summed E-state index contributed by atoms with van der Waals surface area (Å²) in [6, 6.07) is 5.09. The molecule has 19 heavy (non-hydrogen) atoms. The standard InChI is InChI=1S/C14H22N2O2S/c1-5-9-16(11(2)3)19(17,18)14-8-6-7-13(10-15)12(14)4/h5-8,11H,1,9-10,15H2,2-4H3. The van der Waals surface area contributed by atoms with Crippen molar-refractivity contribution in [1.82, 2.24) is 4.31 Å². The summed E-state index contributed by atoms with van der Waals surface area (Å²) in [5.41, 5.74) is 7.21. The highest BCUT2D eigenvalue weighted by molar-refractivity contribution is 7.89. The second kappa shape index (κ2) is 6.32. The normalized spacial score (nSPS) is 12.1. The van der Waals surface area contributed by atoms with Crippen molar-refractivity contribution in [2.24, 2.45) is 5.73 Å². The molecule has 1 rings (SSSR count). The fraction of sp³-hybridized carbons (Fsp3) is 0.429. The van der Waals surface area contributed by atoms with Crippen molar-refractivity contribution in [3.8, 4) is 0 Å². The maximum atomic E-state index is 12.7. The lowest BCUT2D eigenvalue weighted by atomic mass is 10.1. The molecule has 0 aliphatic heterocycles. The molecule has 106 valence electrons. The molecule has 0 atom stereocenters. The molecule has 0 aliphatic rings. The minimum Gasteiger partial charge on any atom is -0.326 e. The topological polar surface area (TPSA) is 63.4 Å². The summed E-state index contributed by atoms with van der Waals surface area (Å²) in [4.78, 5) is 0.325. The van der Waals surface area contributed by atoms with Crippen LogP contribution in [0, 0.1) is 6.92 Å². The zero-order valence-electron chi connectivity index (χ0n) is 11.8. The van der Waals surface area contributed by atoms with E-state index in [1.807, 2.05) is 19.9 Å². The highest BCUT2D eigenvalue weighted by Gasteiger charge is 2.27. The molecule has 2 N–H and O–H groups in total. The zero-order chi connectivity index (χ0) is 14.6. The van der Waals surface area contributed by atoms with E-state index in [1.165, 1.54) is 4.31 Å². The van der Waals surface area contributed by atoms with E-state index in [-0.39, 0.29) is 6.04 Å². The SMILES string of the molecule is C=CCN(C(C)C)S(=O)(=O)c1cccc(CN)c1C. The molecule has 0 amide bonds. The van der Waals surface area contributed by atoms with Crippen LogP contribution in [0.15, 0.2) is 35.7 Å². The summed E-state index contributed by atoms with van der Waals surface area (Å²) < 4.78 is 26.8. The molecule has 0 radical (unpaired) electrons. The molecule has 0 aromatic heterocycles. The fourth-order valence-electron chi connectivity index (χ4n) is 2.00. The Hall–Kier alpha value is -1.17. The summed E-state index contributed by atoms with van der Waals surface area (Å²) in [5.74, 6) is 0. The Morgan fingerprint density at radius 3 is 2.53 bits per heavy atom. The van der Waals surface area contributed by atoms with E-state index in [2.05, 4.69) is 6.58 Å². The van der Waals surface area contributed by atoms with E-state index in [9.17, 15) is 8.42 Å². The fourth-order valence-corrected chi connectivity index (χ4v) is 3.88. The average Bonchev–Trinajstić information content (AvgIpc) is 2.35. The smallest absolute Gasteiger partial charge is 0.243 e. The van der Waals surface area contributed by atoms with Gasteiger partial charge in [-0.2, -0.15) is 4.31 Å². The highest BCUT2D eigenvalue weighted by atomic mass is 32.2. The molecule has 0 heterocycles. The highest BCUT2D eigenvalue weighted by Crippen LogP contribution is 2.23. The van der Waals surface area contributed by atoms with Crippen molar-refractivity contribution >= 4 is 10.0 Å². The molecule has 0 spiro atoms. The molecule has 0 bridgehead atoms. The van der Waals surface area contributed by atoms with Crippen LogP contribution in [0.4, 0.5) is 0 Å². The zero-order valence-corrected chi connectivity index (χ0v) is 12.6. The van der Waals surface area contributed by atoms with Crippen LogP contribution in [0.5, 0.6) is 0 Å². The van der Waals surface area contributed by atoms with Crippen LogP contribution in [0.25, 0.3) is 0 Å². The molecule has 1 aromatic rings. The lowest BCUT2D eigenvalue weighted by molar-refractivity contribution is 0.382. The number of nitrogens with two attached hydrogens (primary N) is 1. The second-order valence-corrected chi connectivity index (χ2v) is 6.56. The van der Waals surface area contributed by atoms with Crippen molar-refractivity contribution in [3.63, 3.8) is 0 Å². The summed E-state index contributed by atoms with van der Waals surface area (Å²) in [7, 11) is -3.52. The maximum absolute atomic E-state index is 12.7. The first-order chi connectivity index (χ1) is 8.86. The minimum atomic E-state index is -3.52. The lowest BCUT2D eigenvalue weighted by Crippen LogP contribution is -2.37. The van der Waals surface area contributed by atoms with Gasteiger partial charge in [-0.3, -0.25) is 0 Å². The number of nitrogens with zero attached hydrogens (tertiary/aromatic N) is 1. The number of sulfonamides is 1. The third kappa shape index (κ3) is 3.23. The van der Waals surface area contributed by atoms with E-state index in [1.54, 1.807) is 25.1 Å². The quantitative estimate of drug-likeness (QED) is 0.812. The first kappa shape index (κ1) is 15.9. The van der Waals surface area contributed by atoms with Crippen LogP contribution in [0.2, 0.25) is 0 Å². The van der Waals surface area contributed by atoms with Gasteiger partial charge in [0.05, 0.1) is 4.90 Å². The number of rotatable bonds is 6. The van der Waals surface area contributed by atoms with Gasteiger partial charge in [0.2, 0.25) is 10.0 Å². The van der Waals surface area contributed by atoms with Crippen molar-refractivity contribution in [3.05, 3.63) is 42.0 Å². The molecule has 0 fully saturated rings. The van der Waals surface area contributed by atoms with Crippen LogP contribution < -0.4 is 5.73 Å². The van der Waals surface area contributed by atoms with Crippen LogP contribution in [-0.2, 0) is 16.6 Å². The maximum Gasteiger partial charge on any atom is 0.243 e. The van der Waals surface area contributed by atoms with Gasteiger partial charge in [-0.25, -0.2) is 8.42 Å². The van der Waals surface area contributed by atoms with E-state index < -0.39 is 10.0 Å². The van der Waals surface area contributed by atoms with E-state index in [0.29, 0.717) is 18.0 Å². The van der Waals surface area contributed by atoms with E-state index >= 15 is 0 Å². The Kier molecular flexibility index (Phi) is 5.29. The van der Waals surface area contributed by atoms with Crippen molar-refractivity contribution in [2.45, 2.75) is 38.3 Å². The van der Waals surface area contributed by atoms with Crippen LogP contribution in [0.1, 0.15) is 25.0 Å². The van der Waals surface area contributed by atoms with Gasteiger partial charge >= 0.3 is 0 Å². The van der Waals surface area contributed by atoms with Gasteiger partial charge in [0.15, 0.2) is 0 Å². The first-order valence-electron chi connectivity index (χ1n) is 6.27. The van der Waals surface area contributed by atoms with Gasteiger partial charge in [-0.05, 0) is 38.0 Å². The summed E-state index contributed by atoms with van der Waals surface area (Å²) >= 11 is 0. The van der Waals surface area contributed by atoms with Gasteiger partial charge in [-0.15, -0.1) is 6.58 Å². The summed E-state index contributed by atoms with van der Waals surface area (Å²) in [6.07, 6.45) is 1.60. The van der Waals surface area contributed by atoms with Crippen molar-refractivity contribution in [2.75, 3.05) is 6.54 Å². The average molecular weight is 282 g/mol. The summed E-state index contributed by atoms with van der Waals surface area (Å²) in [5, 5.41) is 0. The molecule has 4 nitrogen and oxygen atoms in total. The lowest BCUT2D eigenvalue weighted by Gasteiger charge is -2.25.